The van der Waals surface area contributed by atoms with Crippen LogP contribution < -0.4 is 5.32 Å². The Hall–Kier alpha value is -0.590. The zero-order valence-corrected chi connectivity index (χ0v) is 9.99. The molecule has 0 aromatic carbocycles. The minimum Gasteiger partial charge on any atom is -0.329 e. The van der Waals surface area contributed by atoms with Crippen molar-refractivity contribution in [2.45, 2.75) is 31.3 Å². The van der Waals surface area contributed by atoms with Gasteiger partial charge in [-0.3, -0.25) is 0 Å². The Bertz CT molecular complexity index is 260. The Labute approximate surface area is 96.7 Å². The maximum Gasteiger partial charge on any atom is 0.405 e. The summed E-state index contributed by atoms with van der Waals surface area (Å²) in [6.07, 6.45) is -4.35. The van der Waals surface area contributed by atoms with E-state index >= 15 is 0 Å². The van der Waals surface area contributed by atoms with Crippen LogP contribution in [-0.4, -0.2) is 47.2 Å². The lowest BCUT2D eigenvalue weighted by molar-refractivity contribution is -0.123. The van der Waals surface area contributed by atoms with Crippen LogP contribution in [0.1, 0.15) is 13.8 Å². The van der Waals surface area contributed by atoms with Crippen molar-refractivity contribution < 1.29 is 18.0 Å². The first kappa shape index (κ1) is 13.5. The van der Waals surface area contributed by atoms with Gasteiger partial charge >= 0.3 is 12.2 Å². The van der Waals surface area contributed by atoms with Crippen LogP contribution in [0.25, 0.3) is 0 Å². The second-order valence-corrected chi connectivity index (χ2v) is 5.27. The topological polar surface area (TPSA) is 32.3 Å². The molecule has 0 aliphatic carbocycles. The Morgan fingerprint density at radius 3 is 2.69 bits per heavy atom. The average Bonchev–Trinajstić information content (AvgIpc) is 2.17. The van der Waals surface area contributed by atoms with E-state index in [2.05, 4.69) is 0 Å². The van der Waals surface area contributed by atoms with E-state index < -0.39 is 18.8 Å². The fourth-order valence-corrected chi connectivity index (χ4v) is 2.60. The van der Waals surface area contributed by atoms with Gasteiger partial charge in [-0.15, -0.1) is 0 Å². The maximum atomic E-state index is 11.9. The molecule has 1 saturated heterocycles. The highest BCUT2D eigenvalue weighted by molar-refractivity contribution is 8.00. The molecule has 1 rings (SSSR count). The van der Waals surface area contributed by atoms with E-state index in [0.29, 0.717) is 6.54 Å². The van der Waals surface area contributed by atoms with E-state index in [0.717, 1.165) is 5.75 Å². The van der Waals surface area contributed by atoms with E-state index in [-0.39, 0.29) is 11.3 Å². The Morgan fingerprint density at radius 1 is 1.50 bits per heavy atom. The van der Waals surface area contributed by atoms with Gasteiger partial charge < -0.3 is 10.2 Å². The zero-order chi connectivity index (χ0) is 12.3. The lowest BCUT2D eigenvalue weighted by Crippen LogP contribution is -2.53. The standard InChI is InChI=1S/C9H15F3N2OS/c1-6-7(2)16-4-3-14(6)8(15)13-5-9(10,11)12/h6-7H,3-5H2,1-2H3,(H,13,15). The summed E-state index contributed by atoms with van der Waals surface area (Å²) in [6.45, 7) is 3.05. The summed E-state index contributed by atoms with van der Waals surface area (Å²) in [5, 5.41) is 2.15. The van der Waals surface area contributed by atoms with E-state index in [1.54, 1.807) is 11.8 Å². The molecule has 0 radical (unpaired) electrons. The average molecular weight is 256 g/mol. The molecule has 7 heteroatoms. The van der Waals surface area contributed by atoms with Crippen molar-refractivity contribution in [2.24, 2.45) is 0 Å². The van der Waals surface area contributed by atoms with Gasteiger partial charge in [-0.05, 0) is 6.92 Å². The Kier molecular flexibility index (Phi) is 4.35. The SMILES string of the molecule is CC1SCCN(C(=O)NCC(F)(F)F)C1C. The molecule has 1 aliphatic heterocycles. The van der Waals surface area contributed by atoms with E-state index in [1.165, 1.54) is 4.90 Å². The highest BCUT2D eigenvalue weighted by Gasteiger charge is 2.32. The van der Waals surface area contributed by atoms with Gasteiger partial charge in [0.25, 0.3) is 0 Å². The first-order valence-corrected chi connectivity index (χ1v) is 6.09. The van der Waals surface area contributed by atoms with Crippen LogP contribution in [0.2, 0.25) is 0 Å². The molecule has 2 unspecified atom stereocenters. The van der Waals surface area contributed by atoms with E-state index in [1.807, 2.05) is 19.2 Å². The fraction of sp³-hybridized carbons (Fsp3) is 0.889. The number of alkyl halides is 3. The van der Waals surface area contributed by atoms with Gasteiger partial charge in [0.1, 0.15) is 6.54 Å². The lowest BCUT2D eigenvalue weighted by atomic mass is 10.2. The second-order valence-electron chi connectivity index (χ2n) is 3.78. The second kappa shape index (κ2) is 5.16. The van der Waals surface area contributed by atoms with E-state index in [4.69, 9.17) is 0 Å². The monoisotopic (exact) mass is 256 g/mol. The molecule has 0 aromatic heterocycles. The Balaban J connectivity index is 2.47. The van der Waals surface area contributed by atoms with Crippen molar-refractivity contribution in [2.75, 3.05) is 18.8 Å². The van der Waals surface area contributed by atoms with Crippen molar-refractivity contribution in [1.29, 1.82) is 0 Å². The number of carbonyl (C=O) groups is 1. The molecule has 1 heterocycles. The van der Waals surface area contributed by atoms with Crippen LogP contribution in [-0.2, 0) is 0 Å². The number of amides is 2. The third kappa shape index (κ3) is 3.77. The summed E-state index contributed by atoms with van der Waals surface area (Å²) in [4.78, 5) is 13.0. The minimum absolute atomic E-state index is 0.0352. The van der Waals surface area contributed by atoms with Crippen molar-refractivity contribution in [3.8, 4) is 0 Å². The first-order valence-electron chi connectivity index (χ1n) is 5.04. The van der Waals surface area contributed by atoms with Gasteiger partial charge in [-0.1, -0.05) is 6.92 Å². The van der Waals surface area contributed by atoms with Crippen molar-refractivity contribution in [3.05, 3.63) is 0 Å². The first-order chi connectivity index (χ1) is 7.31. The van der Waals surface area contributed by atoms with Crippen molar-refractivity contribution >= 4 is 17.8 Å². The van der Waals surface area contributed by atoms with Gasteiger partial charge in [-0.25, -0.2) is 4.79 Å². The third-order valence-electron chi connectivity index (χ3n) is 2.58. The number of rotatable bonds is 1. The number of halogens is 3. The molecule has 3 nitrogen and oxygen atoms in total. The quantitative estimate of drug-likeness (QED) is 0.779. The summed E-state index contributed by atoms with van der Waals surface area (Å²) in [6, 6.07) is -0.663. The summed E-state index contributed by atoms with van der Waals surface area (Å²) in [7, 11) is 0. The van der Waals surface area contributed by atoms with Gasteiger partial charge in [0, 0.05) is 23.6 Å². The summed E-state index contributed by atoms with van der Waals surface area (Å²) < 4.78 is 35.8. The van der Waals surface area contributed by atoms with Crippen LogP contribution in [0.4, 0.5) is 18.0 Å². The van der Waals surface area contributed by atoms with Gasteiger partial charge in [0.05, 0.1) is 0 Å². The number of hydrogen-bond acceptors (Lipinski definition) is 2. The summed E-state index contributed by atoms with van der Waals surface area (Å²) in [5.41, 5.74) is 0. The fourth-order valence-electron chi connectivity index (χ4n) is 1.50. The predicted molar refractivity (Wildman–Crippen MR) is 57.5 cm³/mol. The van der Waals surface area contributed by atoms with Crippen LogP contribution in [0.5, 0.6) is 0 Å². The van der Waals surface area contributed by atoms with Crippen LogP contribution in [0.15, 0.2) is 0 Å². The van der Waals surface area contributed by atoms with Crippen LogP contribution >= 0.6 is 11.8 Å². The van der Waals surface area contributed by atoms with E-state index in [9.17, 15) is 18.0 Å². The number of hydrogen-bond donors (Lipinski definition) is 1. The zero-order valence-electron chi connectivity index (χ0n) is 9.17. The Morgan fingerprint density at radius 2 is 2.12 bits per heavy atom. The number of urea groups is 1. The normalized spacial score (nSPS) is 26.7. The molecular weight excluding hydrogens is 241 g/mol. The molecule has 0 saturated carbocycles. The summed E-state index contributed by atoms with van der Waals surface area (Å²) >= 11 is 1.73. The number of nitrogens with one attached hydrogen (secondary N) is 1. The van der Waals surface area contributed by atoms with Gasteiger partial charge in [-0.2, -0.15) is 24.9 Å². The predicted octanol–water partition coefficient (Wildman–Crippen LogP) is 2.08. The number of nitrogens with zero attached hydrogens (tertiary/aromatic N) is 1. The molecule has 0 bridgehead atoms. The largest absolute Gasteiger partial charge is 0.405 e. The van der Waals surface area contributed by atoms with Crippen LogP contribution in [0.3, 0.4) is 0 Å². The highest BCUT2D eigenvalue weighted by atomic mass is 32.2. The maximum absolute atomic E-state index is 11.9. The molecule has 0 spiro atoms. The summed E-state index contributed by atoms with van der Waals surface area (Å²) in [5.74, 6) is 0.769. The number of thioether (sulfide) groups is 1. The van der Waals surface area contributed by atoms with Gasteiger partial charge in [0.15, 0.2) is 0 Å². The lowest BCUT2D eigenvalue weighted by Gasteiger charge is -2.37. The molecule has 16 heavy (non-hydrogen) atoms. The molecule has 1 aliphatic rings. The third-order valence-corrected chi connectivity index (χ3v) is 3.92. The van der Waals surface area contributed by atoms with Crippen molar-refractivity contribution in [3.63, 3.8) is 0 Å². The van der Waals surface area contributed by atoms with Crippen molar-refractivity contribution in [1.82, 2.24) is 10.2 Å². The highest BCUT2D eigenvalue weighted by Crippen LogP contribution is 2.24. The molecule has 1 fully saturated rings. The number of carbonyl (C=O) groups excluding carboxylic acids is 1. The molecule has 2 atom stereocenters. The molecular formula is C9H15F3N2OS. The smallest absolute Gasteiger partial charge is 0.329 e. The molecule has 1 N–H and O–H groups in total. The van der Waals surface area contributed by atoms with Crippen LogP contribution in [0, 0.1) is 0 Å². The minimum atomic E-state index is -4.35. The molecule has 0 aromatic rings. The molecule has 94 valence electrons. The molecule has 2 amide bonds. The van der Waals surface area contributed by atoms with Gasteiger partial charge in [0.2, 0.25) is 0 Å².